The van der Waals surface area contributed by atoms with Crippen LogP contribution >= 0.6 is 15.9 Å². The zero-order chi connectivity index (χ0) is 19.8. The zero-order valence-corrected chi connectivity index (χ0v) is 17.2. The number of hydrogen-bond acceptors (Lipinski definition) is 5. The van der Waals surface area contributed by atoms with Crippen molar-refractivity contribution in [1.29, 1.82) is 0 Å². The molecular weight excluding hydrogens is 412 g/mol. The molecule has 6 heteroatoms. The third-order valence-electron chi connectivity index (χ3n) is 3.70. The molecule has 0 amide bonds. The fraction of sp³-hybridized carbons (Fsp3) is 0.333. The third kappa shape index (κ3) is 6.40. The molecule has 0 bridgehead atoms. The molecule has 0 fully saturated rings. The Kier molecular flexibility index (Phi) is 7.85. The molecule has 0 radical (unpaired) electrons. The summed E-state index contributed by atoms with van der Waals surface area (Å²) in [5, 5.41) is 0. The summed E-state index contributed by atoms with van der Waals surface area (Å²) in [6.07, 6.45) is 0.972. The van der Waals surface area contributed by atoms with E-state index in [1.54, 1.807) is 49.4 Å². The van der Waals surface area contributed by atoms with Gasteiger partial charge in [-0.3, -0.25) is 0 Å². The molecule has 27 heavy (non-hydrogen) atoms. The van der Waals surface area contributed by atoms with E-state index in [9.17, 15) is 9.59 Å². The zero-order valence-electron chi connectivity index (χ0n) is 15.7. The van der Waals surface area contributed by atoms with Crippen molar-refractivity contribution in [3.8, 4) is 11.5 Å². The van der Waals surface area contributed by atoms with E-state index in [-0.39, 0.29) is 0 Å². The summed E-state index contributed by atoms with van der Waals surface area (Å²) < 4.78 is 16.5. The molecule has 0 aliphatic rings. The lowest BCUT2D eigenvalue weighted by atomic mass is 10.1. The maximum atomic E-state index is 12.3. The number of carbonyl (C=O) groups is 2. The Hall–Kier alpha value is -2.34. The quantitative estimate of drug-likeness (QED) is 0.418. The van der Waals surface area contributed by atoms with Gasteiger partial charge in [0, 0.05) is 0 Å². The molecule has 2 aromatic carbocycles. The first-order chi connectivity index (χ1) is 12.9. The Morgan fingerprint density at radius 3 is 2.26 bits per heavy atom. The lowest BCUT2D eigenvalue weighted by molar-refractivity contribution is 0.0526. The lowest BCUT2D eigenvalue weighted by Gasteiger charge is -2.10. The van der Waals surface area contributed by atoms with Crippen molar-refractivity contribution in [3.63, 3.8) is 0 Å². The molecule has 144 valence electrons. The summed E-state index contributed by atoms with van der Waals surface area (Å²) in [6.45, 7) is 6.95. The van der Waals surface area contributed by atoms with Crippen molar-refractivity contribution in [1.82, 2.24) is 0 Å². The van der Waals surface area contributed by atoms with E-state index in [4.69, 9.17) is 14.2 Å². The molecular formula is C21H23BrO5. The molecule has 0 aliphatic carbocycles. The normalized spacial score (nSPS) is 10.6. The van der Waals surface area contributed by atoms with Crippen molar-refractivity contribution < 1.29 is 23.8 Å². The van der Waals surface area contributed by atoms with Crippen molar-refractivity contribution in [3.05, 3.63) is 58.1 Å². The maximum absolute atomic E-state index is 12.3. The number of esters is 2. The Morgan fingerprint density at radius 1 is 1.00 bits per heavy atom. The molecule has 0 saturated carbocycles. The van der Waals surface area contributed by atoms with Crippen LogP contribution in [0.5, 0.6) is 11.5 Å². The predicted molar refractivity (Wildman–Crippen MR) is 106 cm³/mol. The largest absolute Gasteiger partial charge is 0.494 e. The van der Waals surface area contributed by atoms with Crippen LogP contribution in [0.4, 0.5) is 0 Å². The van der Waals surface area contributed by atoms with E-state index < -0.39 is 11.9 Å². The smallest absolute Gasteiger partial charge is 0.343 e. The average Bonchev–Trinajstić information content (AvgIpc) is 2.63. The summed E-state index contributed by atoms with van der Waals surface area (Å²) in [5.41, 5.74) is 0.791. The predicted octanol–water partition coefficient (Wildman–Crippen LogP) is 5.27. The van der Waals surface area contributed by atoms with Gasteiger partial charge in [0.2, 0.25) is 0 Å². The average molecular weight is 435 g/mol. The minimum atomic E-state index is -0.492. The van der Waals surface area contributed by atoms with Gasteiger partial charge in [-0.05, 0) is 77.7 Å². The summed E-state index contributed by atoms with van der Waals surface area (Å²) in [5.74, 6) is 0.697. The van der Waals surface area contributed by atoms with Crippen molar-refractivity contribution in [2.75, 3.05) is 13.2 Å². The van der Waals surface area contributed by atoms with Gasteiger partial charge in [-0.2, -0.15) is 0 Å². The SMILES string of the molecule is CCOC(=O)c1ccc(OC(=O)c2ccc(OCCC(C)C)cc2)c(Br)c1. The van der Waals surface area contributed by atoms with Gasteiger partial charge in [0.05, 0.1) is 28.8 Å². The molecule has 0 saturated heterocycles. The van der Waals surface area contributed by atoms with Gasteiger partial charge < -0.3 is 14.2 Å². The van der Waals surface area contributed by atoms with Crippen LogP contribution < -0.4 is 9.47 Å². The van der Waals surface area contributed by atoms with Crippen LogP contribution in [0.1, 0.15) is 47.9 Å². The topological polar surface area (TPSA) is 61.8 Å². The minimum absolute atomic E-state index is 0.296. The van der Waals surface area contributed by atoms with Crippen LogP contribution in [0, 0.1) is 5.92 Å². The molecule has 0 aromatic heterocycles. The molecule has 0 unspecified atom stereocenters. The highest BCUT2D eigenvalue weighted by atomic mass is 79.9. The van der Waals surface area contributed by atoms with Crippen LogP contribution in [-0.2, 0) is 4.74 Å². The maximum Gasteiger partial charge on any atom is 0.343 e. The minimum Gasteiger partial charge on any atom is -0.494 e. The van der Waals surface area contributed by atoms with Crippen LogP contribution in [0.25, 0.3) is 0 Å². The summed E-state index contributed by atoms with van der Waals surface area (Å²) in [7, 11) is 0. The van der Waals surface area contributed by atoms with Gasteiger partial charge in [-0.15, -0.1) is 0 Å². The number of ether oxygens (including phenoxy) is 3. The van der Waals surface area contributed by atoms with Gasteiger partial charge in [-0.1, -0.05) is 13.8 Å². The number of halogens is 1. The van der Waals surface area contributed by atoms with E-state index >= 15 is 0 Å². The standard InChI is InChI=1S/C21H23BrO5/c1-4-25-20(23)16-7-10-19(18(22)13-16)27-21(24)15-5-8-17(9-6-15)26-12-11-14(2)3/h5-10,13-14H,4,11-12H2,1-3H3. The summed E-state index contributed by atoms with van der Waals surface area (Å²) >= 11 is 3.31. The van der Waals surface area contributed by atoms with Gasteiger partial charge in [-0.25, -0.2) is 9.59 Å². The van der Waals surface area contributed by atoms with Crippen LogP contribution in [0.15, 0.2) is 46.9 Å². The Bertz CT molecular complexity index is 784. The molecule has 0 aliphatic heterocycles. The van der Waals surface area contributed by atoms with Crippen molar-refractivity contribution in [2.24, 2.45) is 5.92 Å². The van der Waals surface area contributed by atoms with Gasteiger partial charge in [0.1, 0.15) is 11.5 Å². The number of carbonyl (C=O) groups excluding carboxylic acids is 2. The van der Waals surface area contributed by atoms with Crippen LogP contribution in [0.2, 0.25) is 0 Å². The van der Waals surface area contributed by atoms with E-state index in [0.717, 1.165) is 6.42 Å². The molecule has 0 atom stereocenters. The van der Waals surface area contributed by atoms with Crippen LogP contribution in [0.3, 0.4) is 0 Å². The first kappa shape index (κ1) is 21.0. The molecule has 2 rings (SSSR count). The fourth-order valence-corrected chi connectivity index (χ4v) is 2.64. The number of hydrogen-bond donors (Lipinski definition) is 0. The molecule has 0 N–H and O–H groups in total. The fourth-order valence-electron chi connectivity index (χ4n) is 2.18. The highest BCUT2D eigenvalue weighted by Gasteiger charge is 2.14. The van der Waals surface area contributed by atoms with Crippen molar-refractivity contribution in [2.45, 2.75) is 27.2 Å². The first-order valence-corrected chi connectivity index (χ1v) is 9.61. The Morgan fingerprint density at radius 2 is 1.67 bits per heavy atom. The summed E-state index contributed by atoms with van der Waals surface area (Å²) in [4.78, 5) is 24.1. The second kappa shape index (κ2) is 10.1. The second-order valence-electron chi connectivity index (χ2n) is 6.31. The second-order valence-corrected chi connectivity index (χ2v) is 7.16. The monoisotopic (exact) mass is 434 g/mol. The Labute approximate surface area is 167 Å². The van der Waals surface area contributed by atoms with Gasteiger partial charge in [0.25, 0.3) is 0 Å². The van der Waals surface area contributed by atoms with Crippen LogP contribution in [-0.4, -0.2) is 25.2 Å². The van der Waals surface area contributed by atoms with E-state index in [2.05, 4.69) is 29.8 Å². The molecule has 0 heterocycles. The van der Waals surface area contributed by atoms with E-state index in [1.165, 1.54) is 0 Å². The highest BCUT2D eigenvalue weighted by Crippen LogP contribution is 2.27. The first-order valence-electron chi connectivity index (χ1n) is 8.82. The molecule has 2 aromatic rings. The van der Waals surface area contributed by atoms with E-state index in [0.29, 0.717) is 46.2 Å². The summed E-state index contributed by atoms with van der Waals surface area (Å²) in [6, 6.07) is 11.5. The van der Waals surface area contributed by atoms with Crippen molar-refractivity contribution >= 4 is 27.9 Å². The number of benzene rings is 2. The number of rotatable bonds is 8. The lowest BCUT2D eigenvalue weighted by Crippen LogP contribution is -2.10. The molecule has 0 spiro atoms. The highest BCUT2D eigenvalue weighted by molar-refractivity contribution is 9.10. The Balaban J connectivity index is 1.99. The van der Waals surface area contributed by atoms with E-state index in [1.807, 2.05) is 0 Å². The third-order valence-corrected chi connectivity index (χ3v) is 4.32. The molecule has 5 nitrogen and oxygen atoms in total. The van der Waals surface area contributed by atoms with Gasteiger partial charge in [0.15, 0.2) is 0 Å². The van der Waals surface area contributed by atoms with Gasteiger partial charge >= 0.3 is 11.9 Å².